The second kappa shape index (κ2) is 5.85. The van der Waals surface area contributed by atoms with Crippen molar-refractivity contribution in [2.24, 2.45) is 11.8 Å². The molecule has 17 heavy (non-hydrogen) atoms. The minimum Gasteiger partial charge on any atom is -0.337 e. The van der Waals surface area contributed by atoms with Gasteiger partial charge in [0, 0.05) is 18.4 Å². The van der Waals surface area contributed by atoms with E-state index in [1.54, 1.807) is 0 Å². The molecule has 1 heterocycles. The number of hydrogen-bond donors (Lipinski definition) is 1. The van der Waals surface area contributed by atoms with Crippen LogP contribution in [0.3, 0.4) is 0 Å². The number of nitrogens with zero attached hydrogens (tertiary/aromatic N) is 1. The van der Waals surface area contributed by atoms with Gasteiger partial charge in [0.2, 0.25) is 0 Å². The van der Waals surface area contributed by atoms with E-state index in [1.165, 1.54) is 37.8 Å². The van der Waals surface area contributed by atoms with Crippen molar-refractivity contribution in [1.82, 2.24) is 9.55 Å². The van der Waals surface area contributed by atoms with Gasteiger partial charge in [-0.05, 0) is 43.3 Å². The van der Waals surface area contributed by atoms with Crippen molar-refractivity contribution < 1.29 is 0 Å². The second-order valence-electron chi connectivity index (χ2n) is 5.34. The molecular formula is C14H24N2S. The van der Waals surface area contributed by atoms with Crippen molar-refractivity contribution in [3.8, 4) is 0 Å². The Hall–Kier alpha value is -0.570. The smallest absolute Gasteiger partial charge is 0.177 e. The summed E-state index contributed by atoms with van der Waals surface area (Å²) in [7, 11) is 0. The summed E-state index contributed by atoms with van der Waals surface area (Å²) in [5.41, 5.74) is 1.35. The van der Waals surface area contributed by atoms with Crippen molar-refractivity contribution in [2.45, 2.75) is 58.9 Å². The lowest BCUT2D eigenvalue weighted by Gasteiger charge is -2.28. The molecule has 1 N–H and O–H groups in total. The molecule has 1 aliphatic rings. The van der Waals surface area contributed by atoms with Crippen molar-refractivity contribution >= 4 is 12.2 Å². The molecule has 1 fully saturated rings. The minimum atomic E-state index is 0.839. The van der Waals surface area contributed by atoms with Gasteiger partial charge in [0.1, 0.15) is 0 Å². The van der Waals surface area contributed by atoms with Crippen molar-refractivity contribution in [3.63, 3.8) is 0 Å². The molecule has 1 aromatic rings. The molecule has 0 aliphatic heterocycles. The summed E-state index contributed by atoms with van der Waals surface area (Å²) >= 11 is 5.36. The number of hydrogen-bond acceptors (Lipinski definition) is 1. The van der Waals surface area contributed by atoms with Crippen LogP contribution in [0.1, 0.15) is 51.6 Å². The second-order valence-corrected chi connectivity index (χ2v) is 5.73. The molecule has 0 unspecified atom stereocenters. The average Bonchev–Trinajstić information content (AvgIpc) is 2.71. The Kier molecular flexibility index (Phi) is 4.43. The molecule has 0 amide bonds. The van der Waals surface area contributed by atoms with Crippen LogP contribution in [-0.2, 0) is 13.0 Å². The quantitative estimate of drug-likeness (QED) is 0.791. The summed E-state index contributed by atoms with van der Waals surface area (Å²) in [5.74, 6) is 1.82. The molecule has 0 spiro atoms. The molecule has 3 heteroatoms. The zero-order valence-corrected chi connectivity index (χ0v) is 11.9. The van der Waals surface area contributed by atoms with Crippen LogP contribution in [0.25, 0.3) is 0 Å². The highest BCUT2D eigenvalue weighted by molar-refractivity contribution is 7.71. The molecule has 0 saturated heterocycles. The fraction of sp³-hybridized carbons (Fsp3) is 0.786. The molecule has 1 aromatic heterocycles. The van der Waals surface area contributed by atoms with Crippen molar-refractivity contribution in [1.29, 1.82) is 0 Å². The highest BCUT2D eigenvalue weighted by Gasteiger charge is 2.20. The number of rotatable bonds is 4. The maximum atomic E-state index is 5.36. The lowest BCUT2D eigenvalue weighted by atomic mass is 9.81. The van der Waals surface area contributed by atoms with E-state index in [0.29, 0.717) is 0 Å². The highest BCUT2D eigenvalue weighted by atomic mass is 32.1. The van der Waals surface area contributed by atoms with Gasteiger partial charge in [-0.25, -0.2) is 0 Å². The first-order valence-corrected chi connectivity index (χ1v) is 7.42. The maximum Gasteiger partial charge on any atom is 0.177 e. The zero-order chi connectivity index (χ0) is 12.3. The Bertz CT molecular complexity index is 397. The van der Waals surface area contributed by atoms with Gasteiger partial charge in [-0.1, -0.05) is 33.1 Å². The zero-order valence-electron chi connectivity index (χ0n) is 11.0. The predicted octanol–water partition coefficient (Wildman–Crippen LogP) is 4.32. The Morgan fingerprint density at radius 2 is 1.88 bits per heavy atom. The molecule has 96 valence electrons. The predicted molar refractivity (Wildman–Crippen MR) is 74.7 cm³/mol. The Labute approximate surface area is 109 Å². The molecular weight excluding hydrogens is 228 g/mol. The van der Waals surface area contributed by atoms with Gasteiger partial charge in [0.25, 0.3) is 0 Å². The standard InChI is InChI=1S/C14H24N2S/c1-3-11-5-7-12(8-6-11)10-16-13(4-2)9-15-14(16)17/h9,11-12H,3-8,10H2,1-2H3,(H,15,17). The van der Waals surface area contributed by atoms with Gasteiger partial charge in [-0.15, -0.1) is 0 Å². The Morgan fingerprint density at radius 3 is 2.47 bits per heavy atom. The van der Waals surface area contributed by atoms with E-state index >= 15 is 0 Å². The topological polar surface area (TPSA) is 20.7 Å². The SMILES string of the molecule is CCc1c[nH]c(=S)n1CC1CCC(CC)CC1. The van der Waals surface area contributed by atoms with Crippen molar-refractivity contribution in [3.05, 3.63) is 16.7 Å². The molecule has 0 atom stereocenters. The monoisotopic (exact) mass is 252 g/mol. The number of aromatic amines is 1. The number of aromatic nitrogens is 2. The van der Waals surface area contributed by atoms with Gasteiger partial charge < -0.3 is 9.55 Å². The molecule has 1 aliphatic carbocycles. The van der Waals surface area contributed by atoms with Crippen LogP contribution in [0.5, 0.6) is 0 Å². The van der Waals surface area contributed by atoms with Crippen LogP contribution in [0, 0.1) is 16.6 Å². The lowest BCUT2D eigenvalue weighted by Crippen LogP contribution is -2.19. The third kappa shape index (κ3) is 3.01. The summed E-state index contributed by atoms with van der Waals surface area (Å²) in [6.45, 7) is 5.65. The fourth-order valence-electron chi connectivity index (χ4n) is 3.00. The first kappa shape index (κ1) is 12.9. The largest absolute Gasteiger partial charge is 0.337 e. The van der Waals surface area contributed by atoms with E-state index in [-0.39, 0.29) is 0 Å². The summed E-state index contributed by atoms with van der Waals surface area (Å²) in [5, 5.41) is 0. The number of H-pyrrole nitrogens is 1. The summed E-state index contributed by atoms with van der Waals surface area (Å²) < 4.78 is 3.21. The van der Waals surface area contributed by atoms with Crippen LogP contribution >= 0.6 is 12.2 Å². The van der Waals surface area contributed by atoms with Crippen molar-refractivity contribution in [2.75, 3.05) is 0 Å². The summed E-state index contributed by atoms with van der Waals surface area (Å²) in [4.78, 5) is 3.18. The molecule has 1 saturated carbocycles. The van der Waals surface area contributed by atoms with Crippen LogP contribution in [0.4, 0.5) is 0 Å². The molecule has 0 radical (unpaired) electrons. The molecule has 0 aromatic carbocycles. The van der Waals surface area contributed by atoms with Gasteiger partial charge in [-0.3, -0.25) is 0 Å². The van der Waals surface area contributed by atoms with E-state index in [9.17, 15) is 0 Å². The molecule has 2 nitrogen and oxygen atoms in total. The summed E-state index contributed by atoms with van der Waals surface area (Å²) in [6.07, 6.45) is 10.1. The Morgan fingerprint density at radius 1 is 1.24 bits per heavy atom. The summed E-state index contributed by atoms with van der Waals surface area (Å²) in [6, 6.07) is 0. The lowest BCUT2D eigenvalue weighted by molar-refractivity contribution is 0.246. The van der Waals surface area contributed by atoms with E-state index in [4.69, 9.17) is 12.2 Å². The van der Waals surface area contributed by atoms with Gasteiger partial charge in [0.05, 0.1) is 0 Å². The van der Waals surface area contributed by atoms with Gasteiger partial charge in [0.15, 0.2) is 4.77 Å². The van der Waals surface area contributed by atoms with Crippen LogP contribution in [0.15, 0.2) is 6.20 Å². The average molecular weight is 252 g/mol. The third-order valence-electron chi connectivity index (χ3n) is 4.30. The number of imidazole rings is 1. The molecule has 2 rings (SSSR count). The maximum absolute atomic E-state index is 5.36. The number of aryl methyl sites for hydroxylation is 1. The van der Waals surface area contributed by atoms with E-state index in [0.717, 1.165) is 29.6 Å². The normalized spacial score (nSPS) is 25.1. The van der Waals surface area contributed by atoms with E-state index in [2.05, 4.69) is 29.6 Å². The van der Waals surface area contributed by atoms with Gasteiger partial charge in [-0.2, -0.15) is 0 Å². The highest BCUT2D eigenvalue weighted by Crippen LogP contribution is 2.31. The van der Waals surface area contributed by atoms with Crippen LogP contribution in [-0.4, -0.2) is 9.55 Å². The Balaban J connectivity index is 1.97. The molecule has 0 bridgehead atoms. The van der Waals surface area contributed by atoms with Crippen LogP contribution in [0.2, 0.25) is 0 Å². The first-order valence-electron chi connectivity index (χ1n) is 7.01. The van der Waals surface area contributed by atoms with E-state index in [1.807, 2.05) is 0 Å². The minimum absolute atomic E-state index is 0.839. The third-order valence-corrected chi connectivity index (χ3v) is 4.64. The number of nitrogens with one attached hydrogen (secondary N) is 1. The fourth-order valence-corrected chi connectivity index (χ4v) is 3.26. The first-order chi connectivity index (χ1) is 8.24. The van der Waals surface area contributed by atoms with E-state index < -0.39 is 0 Å². The van der Waals surface area contributed by atoms with Gasteiger partial charge >= 0.3 is 0 Å². The van der Waals surface area contributed by atoms with Crippen LogP contribution < -0.4 is 0 Å².